The third-order valence-electron chi connectivity index (χ3n) is 6.22. The summed E-state index contributed by atoms with van der Waals surface area (Å²) in [6, 6.07) is 4.70. The molecular formula is C21H21ClFN3O3S. The number of piperazine rings is 1. The van der Waals surface area contributed by atoms with Crippen molar-refractivity contribution in [3.05, 3.63) is 44.9 Å². The van der Waals surface area contributed by atoms with Crippen LogP contribution in [0.4, 0.5) is 15.8 Å². The van der Waals surface area contributed by atoms with E-state index in [-0.39, 0.29) is 23.2 Å². The van der Waals surface area contributed by atoms with Crippen LogP contribution in [0.3, 0.4) is 0 Å². The van der Waals surface area contributed by atoms with Crippen LogP contribution in [0.15, 0.2) is 23.6 Å². The molecule has 9 heteroatoms. The fraction of sp³-hybridized carbons (Fsp3) is 0.429. The van der Waals surface area contributed by atoms with Crippen LogP contribution >= 0.6 is 22.9 Å². The van der Waals surface area contributed by atoms with Crippen molar-refractivity contribution in [3.8, 4) is 0 Å². The Morgan fingerprint density at radius 2 is 2.03 bits per heavy atom. The normalized spacial score (nSPS) is 24.1. The Morgan fingerprint density at radius 3 is 2.63 bits per heavy atom. The van der Waals surface area contributed by atoms with Crippen molar-refractivity contribution in [1.82, 2.24) is 5.32 Å². The third kappa shape index (κ3) is 2.85. The van der Waals surface area contributed by atoms with Crippen LogP contribution in [-0.2, 0) is 10.2 Å². The molecule has 0 spiro atoms. The van der Waals surface area contributed by atoms with Crippen molar-refractivity contribution in [2.24, 2.45) is 0 Å². The average molecular weight is 450 g/mol. The van der Waals surface area contributed by atoms with Gasteiger partial charge in [-0.05, 0) is 30.4 Å². The van der Waals surface area contributed by atoms with E-state index in [1.54, 1.807) is 17.5 Å². The highest BCUT2D eigenvalue weighted by Crippen LogP contribution is 2.50. The van der Waals surface area contributed by atoms with Gasteiger partial charge >= 0.3 is 5.97 Å². The van der Waals surface area contributed by atoms with Crippen molar-refractivity contribution in [3.63, 3.8) is 0 Å². The Morgan fingerprint density at radius 1 is 1.30 bits per heavy atom. The predicted molar refractivity (Wildman–Crippen MR) is 115 cm³/mol. The summed E-state index contributed by atoms with van der Waals surface area (Å²) < 4.78 is 15.3. The number of benzene rings is 1. The van der Waals surface area contributed by atoms with Crippen LogP contribution < -0.4 is 15.1 Å². The van der Waals surface area contributed by atoms with Crippen molar-refractivity contribution in [1.29, 1.82) is 0 Å². The van der Waals surface area contributed by atoms with Crippen LogP contribution in [0, 0.1) is 5.82 Å². The molecule has 30 heavy (non-hydrogen) atoms. The van der Waals surface area contributed by atoms with Gasteiger partial charge in [-0.25, -0.2) is 4.39 Å². The summed E-state index contributed by atoms with van der Waals surface area (Å²) in [6.45, 7) is 2.67. The lowest BCUT2D eigenvalue weighted by Gasteiger charge is -2.42. The molecule has 3 heterocycles. The molecule has 2 aromatic rings. The topological polar surface area (TPSA) is 72.9 Å². The second kappa shape index (κ2) is 7.21. The number of thiophene rings is 1. The maximum Gasteiger partial charge on any atom is 0.324 e. The fourth-order valence-electron chi connectivity index (χ4n) is 4.55. The number of ketones is 1. The first kappa shape index (κ1) is 19.8. The van der Waals surface area contributed by atoms with Crippen molar-refractivity contribution in [2.45, 2.75) is 24.3 Å². The number of nitrogens with one attached hydrogen (secondary N) is 1. The van der Waals surface area contributed by atoms with E-state index >= 15 is 4.39 Å². The molecule has 5 rings (SSSR count). The fourth-order valence-corrected chi connectivity index (χ4v) is 5.87. The lowest BCUT2D eigenvalue weighted by molar-refractivity contribution is -0.141. The molecule has 1 unspecified atom stereocenters. The molecule has 0 amide bonds. The molecule has 1 aromatic heterocycles. The standard InChI is InChI=1S/C21H21ClFN3O3S/c22-16-17-13(10-14(23)18(16)25-7-5-24-6-8-25)19(27)21(20(28)29,15-2-1-9-30-15)11-26(17)12-3-4-12/h1-2,9-10,12,24H,3-8,11H2,(H,28,29). The Balaban J connectivity index is 1.71. The Bertz CT molecular complexity index is 1020. The number of Topliss-reactive ketones (excluding diaryl/α,β-unsaturated/α-hetero) is 1. The summed E-state index contributed by atoms with van der Waals surface area (Å²) in [6.07, 6.45) is 1.79. The molecule has 2 aliphatic heterocycles. The monoisotopic (exact) mass is 449 g/mol. The van der Waals surface area contributed by atoms with Gasteiger partial charge in [0.1, 0.15) is 5.82 Å². The summed E-state index contributed by atoms with van der Waals surface area (Å²) in [5.74, 6) is -2.40. The van der Waals surface area contributed by atoms with Gasteiger partial charge in [-0.3, -0.25) is 9.59 Å². The predicted octanol–water partition coefficient (Wildman–Crippen LogP) is 3.14. The maximum atomic E-state index is 15.3. The number of anilines is 2. The van der Waals surface area contributed by atoms with E-state index in [4.69, 9.17) is 11.6 Å². The molecular weight excluding hydrogens is 429 g/mol. The second-order valence-electron chi connectivity index (χ2n) is 8.03. The summed E-state index contributed by atoms with van der Waals surface area (Å²) in [5, 5.41) is 15.4. The van der Waals surface area contributed by atoms with Gasteiger partial charge in [0.2, 0.25) is 0 Å². The number of nitrogens with zero attached hydrogens (tertiary/aromatic N) is 2. The van der Waals surface area contributed by atoms with Gasteiger partial charge in [-0.1, -0.05) is 17.7 Å². The molecule has 2 fully saturated rings. The summed E-state index contributed by atoms with van der Waals surface area (Å²) in [7, 11) is 0. The van der Waals surface area contributed by atoms with Gasteiger partial charge < -0.3 is 20.2 Å². The molecule has 1 saturated heterocycles. The Kier molecular flexibility index (Phi) is 4.76. The highest BCUT2D eigenvalue weighted by Gasteiger charge is 2.56. The van der Waals surface area contributed by atoms with Crippen LogP contribution in [0.5, 0.6) is 0 Å². The molecule has 0 bridgehead atoms. The zero-order chi connectivity index (χ0) is 21.0. The Labute approximate surface area is 182 Å². The summed E-state index contributed by atoms with van der Waals surface area (Å²) in [4.78, 5) is 30.4. The number of rotatable bonds is 4. The number of carbonyl (C=O) groups is 2. The van der Waals surface area contributed by atoms with Crippen LogP contribution in [0.1, 0.15) is 28.1 Å². The number of carboxylic acid groups (broad SMARTS) is 1. The van der Waals surface area contributed by atoms with Crippen LogP contribution in [0.25, 0.3) is 0 Å². The van der Waals surface area contributed by atoms with E-state index in [1.165, 1.54) is 17.4 Å². The lowest BCUT2D eigenvalue weighted by atomic mass is 9.74. The minimum atomic E-state index is -1.75. The van der Waals surface area contributed by atoms with Crippen LogP contribution in [-0.4, -0.2) is 55.6 Å². The lowest BCUT2D eigenvalue weighted by Crippen LogP contribution is -2.56. The minimum Gasteiger partial charge on any atom is -0.480 e. The average Bonchev–Trinajstić information content (AvgIpc) is 3.43. The summed E-state index contributed by atoms with van der Waals surface area (Å²) in [5.41, 5.74) is -0.914. The number of hydrogen-bond donors (Lipinski definition) is 2. The van der Waals surface area contributed by atoms with E-state index < -0.39 is 23.0 Å². The second-order valence-corrected chi connectivity index (χ2v) is 9.36. The van der Waals surface area contributed by atoms with Gasteiger partial charge in [0.05, 0.1) is 16.4 Å². The van der Waals surface area contributed by atoms with Gasteiger partial charge in [-0.15, -0.1) is 11.3 Å². The molecule has 1 atom stereocenters. The quantitative estimate of drug-likeness (QED) is 0.699. The highest BCUT2D eigenvalue weighted by molar-refractivity contribution is 7.10. The largest absolute Gasteiger partial charge is 0.480 e. The first-order valence-corrected chi connectivity index (χ1v) is 11.3. The van der Waals surface area contributed by atoms with Crippen molar-refractivity contribution >= 4 is 46.1 Å². The molecule has 158 valence electrons. The molecule has 1 aromatic carbocycles. The minimum absolute atomic E-state index is 0.00565. The van der Waals surface area contributed by atoms with Crippen molar-refractivity contribution in [2.75, 3.05) is 42.5 Å². The number of hydrogen-bond acceptors (Lipinski definition) is 6. The third-order valence-corrected chi connectivity index (χ3v) is 7.61. The number of aliphatic carboxylic acids is 1. The highest BCUT2D eigenvalue weighted by atomic mass is 35.5. The molecule has 1 saturated carbocycles. The van der Waals surface area contributed by atoms with Crippen molar-refractivity contribution < 1.29 is 19.1 Å². The summed E-state index contributed by atoms with van der Waals surface area (Å²) >= 11 is 7.99. The Hall–Kier alpha value is -2.16. The molecule has 3 aliphatic rings. The van der Waals surface area contributed by atoms with E-state index in [1.807, 2.05) is 9.80 Å². The number of carboxylic acids is 1. The first-order chi connectivity index (χ1) is 14.4. The van der Waals surface area contributed by atoms with E-state index in [9.17, 15) is 14.7 Å². The maximum absolute atomic E-state index is 15.3. The molecule has 0 radical (unpaired) electrons. The van der Waals surface area contributed by atoms with Gasteiger partial charge in [-0.2, -0.15) is 0 Å². The number of fused-ring (bicyclic) bond motifs is 1. The molecule has 1 aliphatic carbocycles. The molecule has 6 nitrogen and oxygen atoms in total. The number of carbonyl (C=O) groups excluding carboxylic acids is 1. The van der Waals surface area contributed by atoms with Crippen LogP contribution in [0.2, 0.25) is 5.02 Å². The molecule has 2 N–H and O–H groups in total. The van der Waals surface area contributed by atoms with E-state index in [0.29, 0.717) is 29.3 Å². The van der Waals surface area contributed by atoms with Gasteiger partial charge in [0, 0.05) is 49.2 Å². The van der Waals surface area contributed by atoms with E-state index in [0.717, 1.165) is 25.9 Å². The number of halogens is 2. The smallest absolute Gasteiger partial charge is 0.324 e. The first-order valence-electron chi connectivity index (χ1n) is 10.0. The SMILES string of the molecule is O=C(O)C1(c2cccs2)CN(C2CC2)c2c(cc(F)c(N3CCNCC3)c2Cl)C1=O. The van der Waals surface area contributed by atoms with Gasteiger partial charge in [0.25, 0.3) is 0 Å². The zero-order valence-electron chi connectivity index (χ0n) is 16.2. The van der Waals surface area contributed by atoms with Gasteiger partial charge in [0.15, 0.2) is 11.2 Å². The zero-order valence-corrected chi connectivity index (χ0v) is 17.7. The van der Waals surface area contributed by atoms with E-state index in [2.05, 4.69) is 5.32 Å².